The van der Waals surface area contributed by atoms with Gasteiger partial charge in [0.2, 0.25) is 5.91 Å². The molecule has 22 heavy (non-hydrogen) atoms. The van der Waals surface area contributed by atoms with Crippen LogP contribution in [0.25, 0.3) is 10.8 Å². The van der Waals surface area contributed by atoms with Crippen molar-refractivity contribution in [2.75, 3.05) is 5.32 Å². The van der Waals surface area contributed by atoms with Crippen LogP contribution in [-0.4, -0.2) is 5.91 Å². The van der Waals surface area contributed by atoms with Crippen LogP contribution >= 0.6 is 0 Å². The number of rotatable bonds is 3. The number of amides is 1. The number of carbonyl (C=O) groups excluding carboxylic acids is 1. The second-order valence-corrected chi connectivity index (χ2v) is 5.03. The molecule has 0 heterocycles. The summed E-state index contributed by atoms with van der Waals surface area (Å²) in [6.07, 6.45) is 0.0980. The Morgan fingerprint density at radius 1 is 0.909 bits per heavy atom. The number of benzene rings is 3. The lowest BCUT2D eigenvalue weighted by Crippen LogP contribution is -2.15. The van der Waals surface area contributed by atoms with Crippen molar-refractivity contribution in [3.63, 3.8) is 0 Å². The molecule has 4 heteroatoms. The molecule has 0 saturated heterocycles. The monoisotopic (exact) mass is 297 g/mol. The zero-order valence-corrected chi connectivity index (χ0v) is 11.6. The van der Waals surface area contributed by atoms with Gasteiger partial charge in [0.25, 0.3) is 0 Å². The van der Waals surface area contributed by atoms with Crippen LogP contribution in [0.5, 0.6) is 0 Å². The molecule has 0 aliphatic rings. The number of anilines is 1. The summed E-state index contributed by atoms with van der Waals surface area (Å²) in [5.74, 6) is -1.64. The summed E-state index contributed by atoms with van der Waals surface area (Å²) in [6.45, 7) is 0. The molecule has 3 aromatic rings. The third-order valence-electron chi connectivity index (χ3n) is 3.38. The first-order valence-electron chi connectivity index (χ1n) is 6.84. The molecule has 0 atom stereocenters. The fourth-order valence-corrected chi connectivity index (χ4v) is 2.32. The molecular weight excluding hydrogens is 284 g/mol. The average molecular weight is 297 g/mol. The largest absolute Gasteiger partial charge is 0.323 e. The van der Waals surface area contributed by atoms with Crippen LogP contribution in [-0.2, 0) is 11.2 Å². The first-order valence-corrected chi connectivity index (χ1v) is 6.84. The van der Waals surface area contributed by atoms with E-state index in [1.54, 1.807) is 0 Å². The van der Waals surface area contributed by atoms with Gasteiger partial charge in [-0.25, -0.2) is 8.78 Å². The van der Waals surface area contributed by atoms with Crippen LogP contribution in [0.4, 0.5) is 14.5 Å². The van der Waals surface area contributed by atoms with E-state index in [-0.39, 0.29) is 18.0 Å². The van der Waals surface area contributed by atoms with E-state index in [9.17, 15) is 13.6 Å². The van der Waals surface area contributed by atoms with Crippen LogP contribution in [0.15, 0.2) is 60.7 Å². The summed E-state index contributed by atoms with van der Waals surface area (Å²) in [7, 11) is 0. The second kappa shape index (κ2) is 5.93. The number of hydrogen-bond acceptors (Lipinski definition) is 1. The molecule has 0 aliphatic carbocycles. The maximum Gasteiger partial charge on any atom is 0.228 e. The molecule has 0 fully saturated rings. The fraction of sp³-hybridized carbons (Fsp3) is 0.0556. The summed E-state index contributed by atoms with van der Waals surface area (Å²) in [6, 6.07) is 16.5. The molecule has 0 aliphatic heterocycles. The highest BCUT2D eigenvalue weighted by molar-refractivity contribution is 5.93. The lowest BCUT2D eigenvalue weighted by Gasteiger charge is -2.07. The van der Waals surface area contributed by atoms with Crippen LogP contribution in [0.1, 0.15) is 5.56 Å². The van der Waals surface area contributed by atoms with Gasteiger partial charge in [0, 0.05) is 6.07 Å². The normalized spacial score (nSPS) is 10.6. The van der Waals surface area contributed by atoms with Crippen molar-refractivity contribution in [2.45, 2.75) is 6.42 Å². The van der Waals surface area contributed by atoms with Gasteiger partial charge in [-0.15, -0.1) is 0 Å². The SMILES string of the molecule is O=C(Cc1ccc2ccccc2c1)Nc1cc(F)ccc1F. The molecule has 0 unspecified atom stereocenters. The van der Waals surface area contributed by atoms with Crippen molar-refractivity contribution < 1.29 is 13.6 Å². The molecule has 0 aromatic heterocycles. The van der Waals surface area contributed by atoms with Crippen LogP contribution in [0, 0.1) is 11.6 Å². The van der Waals surface area contributed by atoms with Crippen LogP contribution in [0.3, 0.4) is 0 Å². The molecular formula is C18H13F2NO. The van der Waals surface area contributed by atoms with Gasteiger partial charge in [-0.1, -0.05) is 42.5 Å². The Kier molecular flexibility index (Phi) is 3.83. The zero-order valence-electron chi connectivity index (χ0n) is 11.6. The van der Waals surface area contributed by atoms with Gasteiger partial charge in [-0.05, 0) is 28.5 Å². The van der Waals surface area contributed by atoms with Gasteiger partial charge >= 0.3 is 0 Å². The third-order valence-corrected chi connectivity index (χ3v) is 3.38. The summed E-state index contributed by atoms with van der Waals surface area (Å²) in [5, 5.41) is 4.51. The predicted octanol–water partition coefficient (Wildman–Crippen LogP) is 4.30. The highest BCUT2D eigenvalue weighted by Gasteiger charge is 2.09. The lowest BCUT2D eigenvalue weighted by molar-refractivity contribution is -0.115. The molecule has 2 nitrogen and oxygen atoms in total. The minimum Gasteiger partial charge on any atom is -0.323 e. The Bertz CT molecular complexity index is 845. The van der Waals surface area contributed by atoms with Crippen molar-refractivity contribution in [2.24, 2.45) is 0 Å². The third kappa shape index (κ3) is 3.11. The Morgan fingerprint density at radius 2 is 1.68 bits per heavy atom. The van der Waals surface area contributed by atoms with Crippen LogP contribution in [0.2, 0.25) is 0 Å². The molecule has 3 aromatic carbocycles. The summed E-state index contributed by atoms with van der Waals surface area (Å²) in [4.78, 5) is 12.0. The molecule has 0 radical (unpaired) electrons. The van der Waals surface area contributed by atoms with E-state index >= 15 is 0 Å². The van der Waals surface area contributed by atoms with Gasteiger partial charge in [0.05, 0.1) is 12.1 Å². The van der Waals surface area contributed by atoms with E-state index < -0.39 is 11.6 Å². The van der Waals surface area contributed by atoms with Crippen molar-refractivity contribution in [1.82, 2.24) is 0 Å². The number of hydrogen-bond donors (Lipinski definition) is 1. The van der Waals surface area contributed by atoms with E-state index in [0.29, 0.717) is 0 Å². The van der Waals surface area contributed by atoms with Gasteiger partial charge in [-0.3, -0.25) is 4.79 Å². The molecule has 0 spiro atoms. The van der Waals surface area contributed by atoms with Gasteiger partial charge < -0.3 is 5.32 Å². The van der Waals surface area contributed by atoms with E-state index in [4.69, 9.17) is 0 Å². The van der Waals surface area contributed by atoms with E-state index in [1.807, 2.05) is 42.5 Å². The number of nitrogens with one attached hydrogen (secondary N) is 1. The quantitative estimate of drug-likeness (QED) is 0.767. The maximum absolute atomic E-state index is 13.5. The molecule has 110 valence electrons. The highest BCUT2D eigenvalue weighted by atomic mass is 19.1. The summed E-state index contributed by atoms with van der Waals surface area (Å²) in [5.41, 5.74) is 0.666. The van der Waals surface area contributed by atoms with Gasteiger partial charge in [0.1, 0.15) is 11.6 Å². The second-order valence-electron chi connectivity index (χ2n) is 5.03. The number of halogens is 2. The van der Waals surface area contributed by atoms with Crippen LogP contribution < -0.4 is 5.32 Å². The van der Waals surface area contributed by atoms with Crippen molar-refractivity contribution in [3.05, 3.63) is 77.9 Å². The standard InChI is InChI=1S/C18H13F2NO/c19-15-7-8-16(20)17(11-15)21-18(22)10-12-5-6-13-3-1-2-4-14(13)9-12/h1-9,11H,10H2,(H,21,22). The molecule has 1 amide bonds. The first kappa shape index (κ1) is 14.2. The zero-order chi connectivity index (χ0) is 15.5. The maximum atomic E-state index is 13.5. The first-order chi connectivity index (χ1) is 10.6. The Labute approximate surface area is 126 Å². The van der Waals surface area contributed by atoms with E-state index in [0.717, 1.165) is 34.5 Å². The minimum absolute atomic E-state index is 0.0980. The Morgan fingerprint density at radius 3 is 2.50 bits per heavy atom. The molecule has 0 saturated carbocycles. The Hall–Kier alpha value is -2.75. The van der Waals surface area contributed by atoms with Crippen molar-refractivity contribution in [3.8, 4) is 0 Å². The van der Waals surface area contributed by atoms with Crippen molar-refractivity contribution in [1.29, 1.82) is 0 Å². The van der Waals surface area contributed by atoms with E-state index in [2.05, 4.69) is 5.32 Å². The minimum atomic E-state index is -0.659. The molecule has 0 bridgehead atoms. The highest BCUT2D eigenvalue weighted by Crippen LogP contribution is 2.18. The lowest BCUT2D eigenvalue weighted by atomic mass is 10.0. The number of fused-ring (bicyclic) bond motifs is 1. The average Bonchev–Trinajstić information content (AvgIpc) is 2.51. The summed E-state index contributed by atoms with van der Waals surface area (Å²) < 4.78 is 26.6. The topological polar surface area (TPSA) is 29.1 Å². The smallest absolute Gasteiger partial charge is 0.228 e. The van der Waals surface area contributed by atoms with Gasteiger partial charge in [-0.2, -0.15) is 0 Å². The van der Waals surface area contributed by atoms with E-state index in [1.165, 1.54) is 0 Å². The van der Waals surface area contributed by atoms with Crippen molar-refractivity contribution >= 4 is 22.4 Å². The fourth-order valence-electron chi connectivity index (χ4n) is 2.32. The molecule has 3 rings (SSSR count). The Balaban J connectivity index is 1.76. The number of carbonyl (C=O) groups is 1. The predicted molar refractivity (Wildman–Crippen MR) is 82.6 cm³/mol. The molecule has 1 N–H and O–H groups in total. The summed E-state index contributed by atoms with van der Waals surface area (Å²) >= 11 is 0. The van der Waals surface area contributed by atoms with Gasteiger partial charge in [0.15, 0.2) is 0 Å².